The highest BCUT2D eigenvalue weighted by Crippen LogP contribution is 2.22. The number of rotatable bonds is 5. The molecule has 1 aromatic rings. The lowest BCUT2D eigenvalue weighted by atomic mass is 10.1. The maximum atomic E-state index is 12.4. The van der Waals surface area contributed by atoms with Gasteiger partial charge in [-0.2, -0.15) is 0 Å². The number of likely N-dealkylation sites (tertiary alicyclic amines) is 1. The largest absolute Gasteiger partial charge is 0.469 e. The van der Waals surface area contributed by atoms with Crippen LogP contribution in [0.1, 0.15) is 31.9 Å². The summed E-state index contributed by atoms with van der Waals surface area (Å²) >= 11 is 1.20. The summed E-state index contributed by atoms with van der Waals surface area (Å²) in [6.07, 6.45) is 3.16. The highest BCUT2D eigenvalue weighted by atomic mass is 32.2. The third kappa shape index (κ3) is 5.09. The number of piperidine rings is 1. The summed E-state index contributed by atoms with van der Waals surface area (Å²) in [7, 11) is 1.28. The van der Waals surface area contributed by atoms with E-state index in [2.05, 4.69) is 14.7 Å². The molecular weight excluding hydrogens is 318 g/mol. The number of nitrogens with one attached hydrogen (secondary N) is 1. The Morgan fingerprint density at radius 3 is 2.74 bits per heavy atom. The van der Waals surface area contributed by atoms with Crippen LogP contribution in [0, 0.1) is 0 Å². The summed E-state index contributed by atoms with van der Waals surface area (Å²) in [5.41, 5.74) is -0.0141. The number of amides is 1. The van der Waals surface area contributed by atoms with Crippen molar-refractivity contribution in [2.75, 3.05) is 20.2 Å². The average Bonchev–Trinajstić information content (AvgIpc) is 2.54. The number of esters is 1. The number of ether oxygens (including phenoxy) is 1. The molecule has 1 saturated heterocycles. The Kier molecular flexibility index (Phi) is 6.20. The van der Waals surface area contributed by atoms with Crippen molar-refractivity contribution in [1.29, 1.82) is 0 Å². The molecule has 1 N–H and O–H groups in total. The van der Waals surface area contributed by atoms with Gasteiger partial charge in [0.2, 0.25) is 5.91 Å². The number of hydrogen-bond donors (Lipinski definition) is 1. The fourth-order valence-corrected chi connectivity index (χ4v) is 3.35. The van der Waals surface area contributed by atoms with Gasteiger partial charge in [-0.15, -0.1) is 0 Å². The summed E-state index contributed by atoms with van der Waals surface area (Å²) in [5.74, 6) is -0.410. The molecule has 1 aliphatic heterocycles. The summed E-state index contributed by atoms with van der Waals surface area (Å²) in [6.45, 7) is 3.38. The van der Waals surface area contributed by atoms with Crippen LogP contribution in [0.5, 0.6) is 0 Å². The normalized spacial score (nSPS) is 16.0. The number of nitrogens with zero attached hydrogens (tertiary/aromatic N) is 2. The predicted molar refractivity (Wildman–Crippen MR) is 86.3 cm³/mol. The SMILES string of the molecule is COC(=O)Cc1cc(=O)[nH]c(S[C@H](C)C(=O)N2CCCCC2)n1. The van der Waals surface area contributed by atoms with E-state index >= 15 is 0 Å². The van der Waals surface area contributed by atoms with Gasteiger partial charge in [-0.25, -0.2) is 4.98 Å². The molecule has 0 spiro atoms. The van der Waals surface area contributed by atoms with Gasteiger partial charge >= 0.3 is 5.97 Å². The van der Waals surface area contributed by atoms with Gasteiger partial charge in [0.15, 0.2) is 5.16 Å². The lowest BCUT2D eigenvalue weighted by Crippen LogP contribution is -2.40. The average molecular weight is 339 g/mol. The van der Waals surface area contributed by atoms with Crippen molar-refractivity contribution in [3.05, 3.63) is 22.1 Å². The fourth-order valence-electron chi connectivity index (χ4n) is 2.44. The lowest BCUT2D eigenvalue weighted by molar-refractivity contribution is -0.139. The monoisotopic (exact) mass is 339 g/mol. The first-order chi connectivity index (χ1) is 11.0. The van der Waals surface area contributed by atoms with Crippen molar-refractivity contribution in [1.82, 2.24) is 14.9 Å². The Balaban J connectivity index is 2.04. The van der Waals surface area contributed by atoms with Gasteiger partial charge in [-0.3, -0.25) is 14.4 Å². The maximum absolute atomic E-state index is 12.4. The van der Waals surface area contributed by atoms with Crippen molar-refractivity contribution in [2.24, 2.45) is 0 Å². The molecule has 126 valence electrons. The number of carbonyl (C=O) groups is 2. The highest BCUT2D eigenvalue weighted by Gasteiger charge is 2.23. The van der Waals surface area contributed by atoms with E-state index in [1.165, 1.54) is 24.9 Å². The Hall–Kier alpha value is -1.83. The number of hydrogen-bond acceptors (Lipinski definition) is 6. The smallest absolute Gasteiger partial charge is 0.311 e. The lowest BCUT2D eigenvalue weighted by Gasteiger charge is -2.28. The second kappa shape index (κ2) is 8.14. The number of carbonyl (C=O) groups excluding carboxylic acids is 2. The van der Waals surface area contributed by atoms with Crippen LogP contribution in [-0.2, 0) is 20.7 Å². The van der Waals surface area contributed by atoms with E-state index < -0.39 is 5.97 Å². The van der Waals surface area contributed by atoms with Gasteiger partial charge in [0.25, 0.3) is 5.56 Å². The first kappa shape index (κ1) is 17.5. The van der Waals surface area contributed by atoms with Crippen LogP contribution in [-0.4, -0.2) is 52.2 Å². The second-order valence-corrected chi connectivity index (χ2v) is 6.77. The van der Waals surface area contributed by atoms with E-state index in [9.17, 15) is 14.4 Å². The molecule has 1 atom stereocenters. The molecule has 7 nitrogen and oxygen atoms in total. The molecule has 23 heavy (non-hydrogen) atoms. The van der Waals surface area contributed by atoms with Gasteiger partial charge in [0.1, 0.15) is 0 Å². The molecule has 1 amide bonds. The molecule has 0 radical (unpaired) electrons. The molecule has 2 heterocycles. The molecule has 0 bridgehead atoms. The van der Waals surface area contributed by atoms with E-state index in [4.69, 9.17) is 0 Å². The molecule has 1 aromatic heterocycles. The molecular formula is C15H21N3O4S. The van der Waals surface area contributed by atoms with Crippen LogP contribution in [0.4, 0.5) is 0 Å². The van der Waals surface area contributed by atoms with Gasteiger partial charge in [-0.05, 0) is 26.2 Å². The highest BCUT2D eigenvalue weighted by molar-refractivity contribution is 8.00. The standard InChI is InChI=1S/C15H21N3O4S/c1-10(14(21)18-6-4-3-5-7-18)23-15-16-11(8-12(19)17-15)9-13(20)22-2/h8,10H,3-7,9H2,1-2H3,(H,16,17,19)/t10-/m1/s1. The summed E-state index contributed by atoms with van der Waals surface area (Å²) < 4.78 is 4.57. The minimum Gasteiger partial charge on any atom is -0.469 e. The minimum absolute atomic E-state index is 0.0516. The van der Waals surface area contributed by atoms with E-state index in [1.54, 1.807) is 6.92 Å². The number of methoxy groups -OCH3 is 1. The van der Waals surface area contributed by atoms with Gasteiger partial charge in [0, 0.05) is 19.2 Å². The number of thioether (sulfide) groups is 1. The van der Waals surface area contributed by atoms with Crippen LogP contribution in [0.2, 0.25) is 0 Å². The zero-order valence-corrected chi connectivity index (χ0v) is 14.1. The molecule has 0 unspecified atom stereocenters. The van der Waals surface area contributed by atoms with Crippen molar-refractivity contribution in [2.45, 2.75) is 43.0 Å². The Bertz CT molecular complexity index is 625. The van der Waals surface area contributed by atoms with E-state index in [1.807, 2.05) is 4.90 Å². The zero-order valence-electron chi connectivity index (χ0n) is 13.3. The van der Waals surface area contributed by atoms with Crippen LogP contribution < -0.4 is 5.56 Å². The summed E-state index contributed by atoms with van der Waals surface area (Å²) in [4.78, 5) is 44.1. The third-order valence-electron chi connectivity index (χ3n) is 3.63. The summed E-state index contributed by atoms with van der Waals surface area (Å²) in [5, 5.41) is -0.00103. The quantitative estimate of drug-likeness (QED) is 0.488. The molecule has 1 aliphatic rings. The van der Waals surface area contributed by atoms with E-state index in [0.29, 0.717) is 10.9 Å². The molecule has 0 aromatic carbocycles. The van der Waals surface area contributed by atoms with Crippen molar-refractivity contribution in [3.8, 4) is 0 Å². The maximum Gasteiger partial charge on any atom is 0.311 e. The fraction of sp³-hybridized carbons (Fsp3) is 0.600. The molecule has 0 aliphatic carbocycles. The van der Waals surface area contributed by atoms with E-state index in [-0.39, 0.29) is 23.1 Å². The minimum atomic E-state index is -0.462. The third-order valence-corrected chi connectivity index (χ3v) is 4.60. The first-order valence-electron chi connectivity index (χ1n) is 7.62. The first-order valence-corrected chi connectivity index (χ1v) is 8.50. The zero-order chi connectivity index (χ0) is 16.8. The molecule has 2 rings (SSSR count). The number of aromatic nitrogens is 2. The molecule has 0 saturated carbocycles. The topological polar surface area (TPSA) is 92.4 Å². The second-order valence-electron chi connectivity index (χ2n) is 5.44. The number of H-pyrrole nitrogens is 1. The number of aromatic amines is 1. The van der Waals surface area contributed by atoms with Crippen molar-refractivity contribution in [3.63, 3.8) is 0 Å². The summed E-state index contributed by atoms with van der Waals surface area (Å²) in [6, 6.07) is 1.26. The molecule has 1 fully saturated rings. The van der Waals surface area contributed by atoms with Crippen LogP contribution in [0.15, 0.2) is 16.0 Å². The van der Waals surface area contributed by atoms with Gasteiger partial charge in [-0.1, -0.05) is 11.8 Å². The predicted octanol–water partition coefficient (Wildman–Crippen LogP) is 0.978. The molecule has 8 heteroatoms. The Morgan fingerprint density at radius 1 is 1.39 bits per heavy atom. The van der Waals surface area contributed by atoms with Crippen molar-refractivity contribution >= 4 is 23.6 Å². The van der Waals surface area contributed by atoms with Crippen LogP contribution >= 0.6 is 11.8 Å². The van der Waals surface area contributed by atoms with Gasteiger partial charge < -0.3 is 14.6 Å². The van der Waals surface area contributed by atoms with Gasteiger partial charge in [0.05, 0.1) is 24.5 Å². The van der Waals surface area contributed by atoms with Crippen LogP contribution in [0.3, 0.4) is 0 Å². The van der Waals surface area contributed by atoms with Crippen molar-refractivity contribution < 1.29 is 14.3 Å². The Morgan fingerprint density at radius 2 is 2.09 bits per heavy atom. The van der Waals surface area contributed by atoms with E-state index in [0.717, 1.165) is 32.4 Å². The Labute approximate surface area is 138 Å². The van der Waals surface area contributed by atoms with Crippen LogP contribution in [0.25, 0.3) is 0 Å².